The maximum atomic E-state index is 13.0. The van der Waals surface area contributed by atoms with Gasteiger partial charge in [0.15, 0.2) is 0 Å². The van der Waals surface area contributed by atoms with Crippen molar-refractivity contribution in [2.24, 2.45) is 11.3 Å². The molecular weight excluding hydrogens is 387 g/mol. The lowest BCUT2D eigenvalue weighted by Crippen LogP contribution is -2.77. The molecule has 3 fully saturated rings. The molecule has 5 rings (SSSR count). The second kappa shape index (κ2) is 6.49. The Bertz CT molecular complexity index is 883. The highest BCUT2D eigenvalue weighted by Gasteiger charge is 2.70. The van der Waals surface area contributed by atoms with E-state index < -0.39 is 0 Å². The molecule has 3 aliphatic carbocycles. The molecule has 140 valence electrons. The largest absolute Gasteiger partial charge is 0.369 e. The number of rotatable bonds is 5. The van der Waals surface area contributed by atoms with Crippen LogP contribution < -0.4 is 10.6 Å². The molecule has 1 heterocycles. The quantitative estimate of drug-likeness (QED) is 0.743. The number of nitrogens with one attached hydrogen (secondary N) is 2. The first-order valence-corrected chi connectivity index (χ1v) is 9.46. The van der Waals surface area contributed by atoms with Crippen LogP contribution in [0.1, 0.15) is 31.9 Å². The van der Waals surface area contributed by atoms with E-state index in [-0.39, 0.29) is 28.6 Å². The van der Waals surface area contributed by atoms with E-state index in [4.69, 9.17) is 23.8 Å². The van der Waals surface area contributed by atoms with E-state index in [0.717, 1.165) is 19.3 Å². The Balaban J connectivity index is 1.33. The molecule has 1 atom stereocenters. The fraction of sp³-hybridized carbons (Fsp3) is 0.368. The van der Waals surface area contributed by atoms with Crippen LogP contribution in [0.5, 0.6) is 0 Å². The lowest BCUT2D eigenvalue weighted by Gasteiger charge is -2.72. The normalized spacial score (nSPS) is 26.3. The third-order valence-electron chi connectivity index (χ3n) is 5.73. The van der Waals surface area contributed by atoms with Crippen molar-refractivity contribution < 1.29 is 9.18 Å². The molecule has 0 aliphatic heterocycles. The molecule has 1 aromatic heterocycles. The minimum absolute atomic E-state index is 0.00159. The second-order valence-corrected chi connectivity index (χ2v) is 8.36. The third kappa shape index (κ3) is 3.30. The summed E-state index contributed by atoms with van der Waals surface area (Å²) in [5, 5.41) is 6.58. The summed E-state index contributed by atoms with van der Waals surface area (Å²) in [6.07, 6.45) is 5.69. The van der Waals surface area contributed by atoms with E-state index in [9.17, 15) is 9.18 Å². The van der Waals surface area contributed by atoms with Crippen molar-refractivity contribution in [3.05, 3.63) is 53.3 Å². The smallest absolute Gasteiger partial charge is 0.227 e. The summed E-state index contributed by atoms with van der Waals surface area (Å²) in [6, 6.07) is 5.80. The van der Waals surface area contributed by atoms with Crippen LogP contribution in [0.25, 0.3) is 0 Å². The minimum Gasteiger partial charge on any atom is -0.369 e. The van der Waals surface area contributed by atoms with E-state index in [2.05, 4.69) is 20.6 Å². The molecule has 3 saturated carbocycles. The van der Waals surface area contributed by atoms with Crippen LogP contribution in [0.2, 0.25) is 5.15 Å². The summed E-state index contributed by atoms with van der Waals surface area (Å²) in [5.74, 6) is -0.494. The Morgan fingerprint density at radius 2 is 1.89 bits per heavy atom. The highest BCUT2D eigenvalue weighted by atomic mass is 35.5. The summed E-state index contributed by atoms with van der Waals surface area (Å²) >= 11 is 11.2. The lowest BCUT2D eigenvalue weighted by atomic mass is 9.36. The van der Waals surface area contributed by atoms with E-state index in [1.54, 1.807) is 18.3 Å². The van der Waals surface area contributed by atoms with Gasteiger partial charge in [0.05, 0.1) is 12.4 Å². The number of amides is 1. The Kier molecular flexibility index (Phi) is 4.39. The van der Waals surface area contributed by atoms with Gasteiger partial charge in [0.2, 0.25) is 5.91 Å². The summed E-state index contributed by atoms with van der Waals surface area (Å²) in [4.78, 5) is 21.3. The Morgan fingerprint density at radius 3 is 2.48 bits per heavy atom. The van der Waals surface area contributed by atoms with Crippen molar-refractivity contribution in [3.63, 3.8) is 0 Å². The second-order valence-electron chi connectivity index (χ2n) is 7.57. The zero-order valence-electron chi connectivity index (χ0n) is 14.6. The van der Waals surface area contributed by atoms with Crippen molar-refractivity contribution in [3.8, 4) is 0 Å². The van der Waals surface area contributed by atoms with Gasteiger partial charge in [-0.05, 0) is 48.9 Å². The highest BCUT2D eigenvalue weighted by molar-refractivity contribution is 7.80. The summed E-state index contributed by atoms with van der Waals surface area (Å²) in [6.45, 7) is 1.95. The van der Waals surface area contributed by atoms with Gasteiger partial charge in [-0.3, -0.25) is 4.79 Å². The molecular formula is C19H18ClFN4OS. The van der Waals surface area contributed by atoms with Crippen molar-refractivity contribution >= 4 is 40.4 Å². The molecule has 1 amide bonds. The topological polar surface area (TPSA) is 66.9 Å². The Morgan fingerprint density at radius 1 is 1.22 bits per heavy atom. The third-order valence-corrected chi connectivity index (χ3v) is 6.23. The number of thiocarbonyl (C=S) groups is 1. The minimum atomic E-state index is -0.324. The average molecular weight is 405 g/mol. The summed E-state index contributed by atoms with van der Waals surface area (Å²) in [5.41, 5.74) is 1.15. The van der Waals surface area contributed by atoms with Gasteiger partial charge in [-0.25, -0.2) is 14.4 Å². The van der Waals surface area contributed by atoms with E-state index in [1.165, 1.54) is 18.3 Å². The van der Waals surface area contributed by atoms with Crippen LogP contribution in [-0.4, -0.2) is 26.4 Å². The number of benzene rings is 1. The van der Waals surface area contributed by atoms with Gasteiger partial charge in [-0.1, -0.05) is 30.7 Å². The maximum absolute atomic E-state index is 13.0. The molecule has 1 aromatic carbocycles. The van der Waals surface area contributed by atoms with Crippen molar-refractivity contribution in [1.82, 2.24) is 15.3 Å². The monoisotopic (exact) mass is 404 g/mol. The van der Waals surface area contributed by atoms with Gasteiger partial charge < -0.3 is 10.6 Å². The van der Waals surface area contributed by atoms with Gasteiger partial charge >= 0.3 is 0 Å². The molecule has 5 nitrogen and oxygen atoms in total. The molecule has 2 N–H and O–H groups in total. The Labute approximate surface area is 166 Å². The van der Waals surface area contributed by atoms with Crippen molar-refractivity contribution in [1.29, 1.82) is 0 Å². The molecule has 8 heteroatoms. The Hall–Kier alpha value is -2.12. The fourth-order valence-corrected chi connectivity index (χ4v) is 4.67. The zero-order chi connectivity index (χ0) is 19.2. The van der Waals surface area contributed by atoms with Gasteiger partial charge in [0.1, 0.15) is 21.7 Å². The SMILES string of the molecule is CC(C(=O)Nc1ccc(F)cc1)C12CC(NC(=S)c3cnc(Cl)cn3)(C1)C2. The number of halogens is 2. The van der Waals surface area contributed by atoms with Crippen LogP contribution in [-0.2, 0) is 4.79 Å². The molecule has 2 bridgehead atoms. The van der Waals surface area contributed by atoms with Gasteiger partial charge in [0, 0.05) is 17.1 Å². The number of hydrogen-bond acceptors (Lipinski definition) is 4. The molecule has 2 aromatic rings. The average Bonchev–Trinajstić information content (AvgIpc) is 2.58. The summed E-state index contributed by atoms with van der Waals surface area (Å²) < 4.78 is 13.0. The van der Waals surface area contributed by atoms with Crippen LogP contribution in [0, 0.1) is 17.2 Å². The van der Waals surface area contributed by atoms with Crippen LogP contribution in [0.4, 0.5) is 10.1 Å². The zero-order valence-corrected chi connectivity index (χ0v) is 16.2. The highest BCUT2D eigenvalue weighted by Crippen LogP contribution is 2.70. The number of hydrogen-bond donors (Lipinski definition) is 2. The number of carbonyl (C=O) groups is 1. The molecule has 0 radical (unpaired) electrons. The molecule has 1 unspecified atom stereocenters. The van der Waals surface area contributed by atoms with Gasteiger partial charge in [-0.2, -0.15) is 0 Å². The molecule has 3 aliphatic rings. The van der Waals surface area contributed by atoms with E-state index >= 15 is 0 Å². The number of aromatic nitrogens is 2. The van der Waals surface area contributed by atoms with Crippen molar-refractivity contribution in [2.75, 3.05) is 5.32 Å². The van der Waals surface area contributed by atoms with Crippen LogP contribution >= 0.6 is 23.8 Å². The predicted octanol–water partition coefficient (Wildman–Crippen LogP) is 3.73. The van der Waals surface area contributed by atoms with Crippen LogP contribution in [0.15, 0.2) is 36.7 Å². The van der Waals surface area contributed by atoms with E-state index in [0.29, 0.717) is 21.5 Å². The first-order chi connectivity index (χ1) is 12.8. The standard InChI is InChI=1S/C19H18ClFN4OS/c1-11(16(26)24-13-4-2-12(21)3-5-13)18-8-19(9-18,10-18)25-17(27)14-6-23-15(20)7-22-14/h2-7,11H,8-10H2,1H3,(H,24,26)(H,25,27). The molecule has 0 spiro atoms. The molecule has 27 heavy (non-hydrogen) atoms. The number of nitrogens with zero attached hydrogens (tertiary/aromatic N) is 2. The predicted molar refractivity (Wildman–Crippen MR) is 105 cm³/mol. The number of anilines is 1. The maximum Gasteiger partial charge on any atom is 0.227 e. The first-order valence-electron chi connectivity index (χ1n) is 8.67. The number of carbonyl (C=O) groups excluding carboxylic acids is 1. The van der Waals surface area contributed by atoms with Crippen molar-refractivity contribution in [2.45, 2.75) is 31.7 Å². The molecule has 0 saturated heterocycles. The van der Waals surface area contributed by atoms with Gasteiger partial charge in [0.25, 0.3) is 0 Å². The van der Waals surface area contributed by atoms with Gasteiger partial charge in [-0.15, -0.1) is 0 Å². The lowest BCUT2D eigenvalue weighted by molar-refractivity contribution is -0.182. The summed E-state index contributed by atoms with van der Waals surface area (Å²) in [7, 11) is 0. The first kappa shape index (κ1) is 18.3. The van der Waals surface area contributed by atoms with Crippen LogP contribution in [0.3, 0.4) is 0 Å². The van der Waals surface area contributed by atoms with E-state index in [1.807, 2.05) is 6.92 Å². The fourth-order valence-electron chi connectivity index (χ4n) is 4.25.